The third kappa shape index (κ3) is 4.56. The first-order valence-corrected chi connectivity index (χ1v) is 8.51. The fourth-order valence-electron chi connectivity index (χ4n) is 2.27. The molecule has 0 bridgehead atoms. The molecule has 1 aromatic heterocycles. The van der Waals surface area contributed by atoms with Crippen molar-refractivity contribution in [3.63, 3.8) is 0 Å². The highest BCUT2D eigenvalue weighted by Crippen LogP contribution is 2.32. The van der Waals surface area contributed by atoms with Crippen LogP contribution >= 0.6 is 0 Å². The zero-order valence-electron chi connectivity index (χ0n) is 14.5. The van der Waals surface area contributed by atoms with E-state index in [0.717, 1.165) is 25.7 Å². The van der Waals surface area contributed by atoms with Gasteiger partial charge in [0.25, 0.3) is 5.91 Å². The number of nitrogens with zero attached hydrogens (tertiary/aromatic N) is 2. The van der Waals surface area contributed by atoms with Gasteiger partial charge >= 0.3 is 0 Å². The van der Waals surface area contributed by atoms with Gasteiger partial charge in [-0.1, -0.05) is 13.8 Å². The maximum absolute atomic E-state index is 12.4. The normalized spacial score (nSPS) is 16.7. The van der Waals surface area contributed by atoms with Crippen molar-refractivity contribution in [2.45, 2.75) is 72.0 Å². The molecule has 1 fully saturated rings. The summed E-state index contributed by atoms with van der Waals surface area (Å²) in [5.74, 6) is 0.502. The number of rotatable bonds is 8. The highest BCUT2D eigenvalue weighted by atomic mass is 16.3. The lowest BCUT2D eigenvalue weighted by atomic mass is 10.2. The molecule has 1 aliphatic rings. The lowest BCUT2D eigenvalue weighted by Gasteiger charge is -2.27. The Morgan fingerprint density at radius 1 is 1.35 bits per heavy atom. The molecule has 128 valence electrons. The summed E-state index contributed by atoms with van der Waals surface area (Å²) in [5, 5.41) is 2.86. The third-order valence-electron chi connectivity index (χ3n) is 4.41. The Bertz CT molecular complexity index is 551. The van der Waals surface area contributed by atoms with Gasteiger partial charge in [0.05, 0.1) is 6.54 Å². The molecule has 2 rings (SSSR count). The Kier molecular flexibility index (Phi) is 5.80. The van der Waals surface area contributed by atoms with Crippen LogP contribution in [-0.4, -0.2) is 33.8 Å². The second kappa shape index (κ2) is 7.62. The summed E-state index contributed by atoms with van der Waals surface area (Å²) in [5.41, 5.74) is 0.267. The summed E-state index contributed by atoms with van der Waals surface area (Å²) in [4.78, 5) is 30.5. The molecule has 1 aliphatic carbocycles. The summed E-state index contributed by atoms with van der Waals surface area (Å²) >= 11 is 0. The van der Waals surface area contributed by atoms with E-state index in [2.05, 4.69) is 17.2 Å². The number of carbonyl (C=O) groups is 2. The van der Waals surface area contributed by atoms with Crippen LogP contribution in [0, 0.1) is 5.92 Å². The molecule has 1 heterocycles. The van der Waals surface area contributed by atoms with Crippen molar-refractivity contribution in [1.82, 2.24) is 15.2 Å². The lowest BCUT2D eigenvalue weighted by molar-refractivity contribution is -0.135. The second-order valence-electron chi connectivity index (χ2n) is 6.41. The van der Waals surface area contributed by atoms with Crippen molar-refractivity contribution in [3.05, 3.63) is 17.8 Å². The third-order valence-corrected chi connectivity index (χ3v) is 4.41. The lowest BCUT2D eigenvalue weighted by Crippen LogP contribution is -2.38. The number of nitrogens with one attached hydrogen (secondary N) is 1. The largest absolute Gasteiger partial charge is 0.446 e. The summed E-state index contributed by atoms with van der Waals surface area (Å²) in [6.45, 7) is 8.35. The van der Waals surface area contributed by atoms with Gasteiger partial charge in [-0.05, 0) is 39.5 Å². The predicted octanol–water partition coefficient (Wildman–Crippen LogP) is 2.74. The average molecular weight is 321 g/mol. The molecule has 0 saturated heterocycles. The minimum absolute atomic E-state index is 0.0932. The van der Waals surface area contributed by atoms with Gasteiger partial charge in [-0.15, -0.1) is 0 Å². The zero-order chi connectivity index (χ0) is 17.0. The Hall–Kier alpha value is -1.85. The van der Waals surface area contributed by atoms with Crippen molar-refractivity contribution < 1.29 is 14.0 Å². The van der Waals surface area contributed by atoms with E-state index in [4.69, 9.17) is 4.42 Å². The zero-order valence-corrected chi connectivity index (χ0v) is 14.5. The summed E-state index contributed by atoms with van der Waals surface area (Å²) < 4.78 is 5.41. The van der Waals surface area contributed by atoms with Crippen molar-refractivity contribution in [2.24, 2.45) is 5.92 Å². The molecule has 2 atom stereocenters. The van der Waals surface area contributed by atoms with Gasteiger partial charge in [-0.25, -0.2) is 4.98 Å². The Morgan fingerprint density at radius 3 is 2.61 bits per heavy atom. The molecule has 2 amide bonds. The number of hydrogen-bond donors (Lipinski definition) is 1. The predicted molar refractivity (Wildman–Crippen MR) is 86.7 cm³/mol. The van der Waals surface area contributed by atoms with Crippen LogP contribution in [0.15, 0.2) is 10.7 Å². The highest BCUT2D eigenvalue weighted by Gasteiger charge is 2.35. The molecule has 0 radical (unpaired) electrons. The smallest absolute Gasteiger partial charge is 0.273 e. The molecule has 6 heteroatoms. The van der Waals surface area contributed by atoms with E-state index in [1.165, 1.54) is 6.26 Å². The van der Waals surface area contributed by atoms with E-state index in [1.54, 1.807) is 0 Å². The molecule has 0 spiro atoms. The van der Waals surface area contributed by atoms with E-state index < -0.39 is 0 Å². The van der Waals surface area contributed by atoms with Crippen molar-refractivity contribution in [1.29, 1.82) is 0 Å². The second-order valence-corrected chi connectivity index (χ2v) is 6.41. The van der Waals surface area contributed by atoms with Gasteiger partial charge in [-0.3, -0.25) is 9.59 Å². The first-order valence-electron chi connectivity index (χ1n) is 8.51. The van der Waals surface area contributed by atoms with Gasteiger partial charge in [0, 0.05) is 18.0 Å². The van der Waals surface area contributed by atoms with E-state index >= 15 is 0 Å². The fraction of sp³-hybridized carbons (Fsp3) is 0.706. The summed E-state index contributed by atoms with van der Waals surface area (Å²) in [6.07, 6.45) is 5.04. The summed E-state index contributed by atoms with van der Waals surface area (Å²) in [6, 6.07) is 0.225. The Morgan fingerprint density at radius 2 is 2.04 bits per heavy atom. The molecule has 1 aromatic rings. The van der Waals surface area contributed by atoms with Crippen LogP contribution in [-0.2, 0) is 11.3 Å². The Balaban J connectivity index is 2.03. The van der Waals surface area contributed by atoms with Gasteiger partial charge in [0.2, 0.25) is 11.8 Å². The van der Waals surface area contributed by atoms with Crippen LogP contribution in [0.3, 0.4) is 0 Å². The molecule has 0 aliphatic heterocycles. The quantitative estimate of drug-likeness (QED) is 0.799. The van der Waals surface area contributed by atoms with Crippen LogP contribution in [0.1, 0.15) is 69.8 Å². The first-order chi connectivity index (χ1) is 11.0. The molecule has 6 nitrogen and oxygen atoms in total. The van der Waals surface area contributed by atoms with Crippen LogP contribution in [0.25, 0.3) is 0 Å². The number of oxazole rings is 1. The van der Waals surface area contributed by atoms with Crippen LogP contribution in [0.5, 0.6) is 0 Å². The Labute approximate surface area is 137 Å². The molecule has 1 saturated carbocycles. The SMILES string of the molecule is CCC(C)NC(=O)c1coc(CN(C(=O)C2CC2)C(C)CC)n1. The molecular weight excluding hydrogens is 294 g/mol. The van der Waals surface area contributed by atoms with Crippen LogP contribution in [0.4, 0.5) is 0 Å². The van der Waals surface area contributed by atoms with Crippen molar-refractivity contribution in [3.8, 4) is 0 Å². The van der Waals surface area contributed by atoms with Gasteiger partial charge in [0.1, 0.15) is 6.26 Å². The molecule has 2 unspecified atom stereocenters. The molecule has 23 heavy (non-hydrogen) atoms. The number of hydrogen-bond acceptors (Lipinski definition) is 4. The van der Waals surface area contributed by atoms with Crippen LogP contribution in [0.2, 0.25) is 0 Å². The monoisotopic (exact) mass is 321 g/mol. The van der Waals surface area contributed by atoms with E-state index in [1.807, 2.05) is 25.7 Å². The molecule has 1 N–H and O–H groups in total. The maximum Gasteiger partial charge on any atom is 0.273 e. The van der Waals surface area contributed by atoms with Crippen molar-refractivity contribution in [2.75, 3.05) is 0 Å². The topological polar surface area (TPSA) is 75.4 Å². The standard InChI is InChI=1S/C17H27N3O3/c1-5-11(3)18-16(21)14-10-23-15(19-14)9-20(12(4)6-2)17(22)13-7-8-13/h10-13H,5-9H2,1-4H3,(H,18,21). The van der Waals surface area contributed by atoms with Crippen LogP contribution < -0.4 is 5.32 Å². The minimum Gasteiger partial charge on any atom is -0.446 e. The highest BCUT2D eigenvalue weighted by molar-refractivity contribution is 5.92. The number of aromatic nitrogens is 1. The molecule has 0 aromatic carbocycles. The van der Waals surface area contributed by atoms with Crippen molar-refractivity contribution >= 4 is 11.8 Å². The fourth-order valence-corrected chi connectivity index (χ4v) is 2.27. The number of carbonyl (C=O) groups excluding carboxylic acids is 2. The maximum atomic E-state index is 12.4. The van der Waals surface area contributed by atoms with E-state index in [9.17, 15) is 9.59 Å². The van der Waals surface area contributed by atoms with E-state index in [0.29, 0.717) is 12.4 Å². The van der Waals surface area contributed by atoms with Gasteiger partial charge in [0.15, 0.2) is 5.69 Å². The first kappa shape index (κ1) is 17.5. The summed E-state index contributed by atoms with van der Waals surface area (Å²) in [7, 11) is 0. The molecular formula is C17H27N3O3. The minimum atomic E-state index is -0.238. The average Bonchev–Trinajstić information content (AvgIpc) is 3.29. The van der Waals surface area contributed by atoms with Gasteiger partial charge < -0.3 is 14.6 Å². The van der Waals surface area contributed by atoms with E-state index in [-0.39, 0.29) is 35.5 Å². The number of amides is 2. The van der Waals surface area contributed by atoms with Gasteiger partial charge in [-0.2, -0.15) is 0 Å².